The van der Waals surface area contributed by atoms with E-state index in [9.17, 15) is 0 Å². The van der Waals surface area contributed by atoms with Gasteiger partial charge in [-0.2, -0.15) is 0 Å². The zero-order valence-electron chi connectivity index (χ0n) is 32.4. The van der Waals surface area contributed by atoms with Gasteiger partial charge in [-0.05, 0) is 62.8 Å². The van der Waals surface area contributed by atoms with E-state index in [4.69, 9.17) is 37.9 Å². The highest BCUT2D eigenvalue weighted by Gasteiger charge is 2.61. The predicted molar refractivity (Wildman–Crippen MR) is 207 cm³/mol. The normalized spacial score (nSPS) is 30.9. The summed E-state index contributed by atoms with van der Waals surface area (Å²) in [6, 6.07) is 41.6. The second kappa shape index (κ2) is 16.9. The molecule has 55 heavy (non-hydrogen) atoms. The average Bonchev–Trinajstić information content (AvgIpc) is 3.79. The third-order valence-electron chi connectivity index (χ3n) is 11.1. The summed E-state index contributed by atoms with van der Waals surface area (Å²) in [5.41, 5.74) is 4.59. The van der Waals surface area contributed by atoms with Crippen LogP contribution in [0.1, 0.15) is 62.8 Å². The predicted octanol–water partition coefficient (Wildman–Crippen LogP) is 7.80. The first-order valence-corrected chi connectivity index (χ1v) is 19.8. The molecule has 4 aromatic carbocycles. The summed E-state index contributed by atoms with van der Waals surface area (Å²) >= 11 is 0. The monoisotopic (exact) mass is 749 g/mol. The van der Waals surface area contributed by atoms with Crippen molar-refractivity contribution >= 4 is 0 Å². The van der Waals surface area contributed by atoms with Gasteiger partial charge in [0.25, 0.3) is 0 Å². The lowest BCUT2D eigenvalue weighted by Crippen LogP contribution is -2.55. The van der Waals surface area contributed by atoms with E-state index in [1.54, 1.807) is 0 Å². The fourth-order valence-corrected chi connectivity index (χ4v) is 8.69. The molecule has 0 aromatic heterocycles. The molecular weight excluding hydrogens is 695 g/mol. The highest BCUT2D eigenvalue weighted by Crippen LogP contribution is 2.46. The van der Waals surface area contributed by atoms with E-state index in [-0.39, 0.29) is 48.7 Å². The van der Waals surface area contributed by atoms with Crippen molar-refractivity contribution in [2.24, 2.45) is 0 Å². The summed E-state index contributed by atoms with van der Waals surface area (Å²) in [4.78, 5) is 2.56. The number of benzene rings is 4. The zero-order valence-corrected chi connectivity index (χ0v) is 32.4. The van der Waals surface area contributed by atoms with Crippen molar-refractivity contribution in [2.45, 2.75) is 133 Å². The summed E-state index contributed by atoms with van der Waals surface area (Å²) in [5.74, 6) is -1.55. The molecule has 0 bridgehead atoms. The Morgan fingerprint density at radius 3 is 1.56 bits per heavy atom. The molecule has 4 aliphatic rings. The van der Waals surface area contributed by atoms with Crippen LogP contribution in [0.15, 0.2) is 121 Å². The van der Waals surface area contributed by atoms with Gasteiger partial charge in [0.1, 0.15) is 30.5 Å². The number of ether oxygens (including phenoxy) is 8. The van der Waals surface area contributed by atoms with Crippen LogP contribution >= 0.6 is 0 Å². The number of nitrogens with zero attached hydrogens (tertiary/aromatic N) is 1. The van der Waals surface area contributed by atoms with Crippen LogP contribution < -0.4 is 0 Å². The largest absolute Gasteiger partial charge is 0.375 e. The quantitative estimate of drug-likeness (QED) is 0.121. The highest BCUT2D eigenvalue weighted by atomic mass is 16.9. The average molecular weight is 750 g/mol. The number of rotatable bonds is 15. The maximum absolute atomic E-state index is 7.06. The van der Waals surface area contributed by atoms with Crippen LogP contribution in [0.3, 0.4) is 0 Å². The van der Waals surface area contributed by atoms with Crippen molar-refractivity contribution in [2.75, 3.05) is 6.61 Å². The molecule has 9 nitrogen and oxygen atoms in total. The molecule has 9 heteroatoms. The first-order valence-electron chi connectivity index (χ1n) is 19.8. The van der Waals surface area contributed by atoms with Crippen molar-refractivity contribution in [1.29, 1.82) is 0 Å². The SMILES string of the molecule is CC1(C)O[C@H]2[C@@H](O1)[C@@H](CC[C@@H]1[C@@H](OCc3ccccc3)[C@H](OCc3ccccc3)[C@H](COCc3ccccc3)N1Cc1ccccc1)O[C@@H]1OC(C)(C)O[C@@H]12. The van der Waals surface area contributed by atoms with Gasteiger partial charge in [-0.25, -0.2) is 0 Å². The first kappa shape index (κ1) is 38.4. The third kappa shape index (κ3) is 9.23. The van der Waals surface area contributed by atoms with E-state index in [0.717, 1.165) is 23.1 Å². The van der Waals surface area contributed by atoms with E-state index in [0.29, 0.717) is 39.4 Å². The summed E-state index contributed by atoms with van der Waals surface area (Å²) in [5, 5.41) is 0. The van der Waals surface area contributed by atoms with Crippen LogP contribution in [0.5, 0.6) is 0 Å². The van der Waals surface area contributed by atoms with Gasteiger partial charge in [0, 0.05) is 12.6 Å². The minimum atomic E-state index is -0.782. The van der Waals surface area contributed by atoms with Crippen molar-refractivity contribution in [1.82, 2.24) is 4.90 Å². The minimum absolute atomic E-state index is 0.0395. The molecule has 4 aliphatic heterocycles. The molecule has 0 N–H and O–H groups in total. The Morgan fingerprint density at radius 1 is 0.509 bits per heavy atom. The van der Waals surface area contributed by atoms with Crippen LogP contribution in [-0.4, -0.2) is 78.1 Å². The van der Waals surface area contributed by atoms with Gasteiger partial charge in [-0.1, -0.05) is 121 Å². The molecule has 4 aromatic rings. The third-order valence-corrected chi connectivity index (χ3v) is 11.1. The molecule has 0 aliphatic carbocycles. The Bertz CT molecular complexity index is 1780. The maximum Gasteiger partial charge on any atom is 0.190 e. The Hall–Kier alpha value is -3.48. The summed E-state index contributed by atoms with van der Waals surface area (Å²) in [7, 11) is 0. The van der Waals surface area contributed by atoms with Crippen LogP contribution in [0.4, 0.5) is 0 Å². The molecule has 9 atom stereocenters. The Kier molecular flexibility index (Phi) is 11.8. The molecule has 0 unspecified atom stereocenters. The Labute approximate surface area is 325 Å². The second-order valence-electron chi connectivity index (χ2n) is 16.1. The molecular formula is C46H55NO8. The molecule has 8 rings (SSSR count). The van der Waals surface area contributed by atoms with Gasteiger partial charge in [0.15, 0.2) is 17.9 Å². The van der Waals surface area contributed by atoms with Crippen molar-refractivity contribution < 1.29 is 37.9 Å². The number of hydrogen-bond acceptors (Lipinski definition) is 9. The molecule has 4 fully saturated rings. The van der Waals surface area contributed by atoms with Gasteiger partial charge in [0.05, 0.1) is 38.6 Å². The molecule has 0 radical (unpaired) electrons. The van der Waals surface area contributed by atoms with Crippen molar-refractivity contribution in [3.8, 4) is 0 Å². The van der Waals surface area contributed by atoms with Crippen LogP contribution in [0.2, 0.25) is 0 Å². The summed E-state index contributed by atoms with van der Waals surface area (Å²) in [6.45, 7) is 10.4. The lowest BCUT2D eigenvalue weighted by molar-refractivity contribution is -0.235. The fraction of sp³-hybridized carbons (Fsp3) is 0.478. The van der Waals surface area contributed by atoms with E-state index < -0.39 is 17.9 Å². The van der Waals surface area contributed by atoms with Gasteiger partial charge >= 0.3 is 0 Å². The number of likely N-dealkylation sites (tertiary alicyclic amines) is 1. The van der Waals surface area contributed by atoms with Crippen molar-refractivity contribution in [3.05, 3.63) is 144 Å². The highest BCUT2D eigenvalue weighted by molar-refractivity contribution is 5.19. The van der Waals surface area contributed by atoms with Crippen LogP contribution in [0, 0.1) is 0 Å². The lowest BCUT2D eigenvalue weighted by atomic mass is 9.93. The number of hydrogen-bond donors (Lipinski definition) is 0. The molecule has 4 heterocycles. The van der Waals surface area contributed by atoms with E-state index in [2.05, 4.69) is 108 Å². The Balaban J connectivity index is 1.11. The molecule has 0 amide bonds. The van der Waals surface area contributed by atoms with E-state index >= 15 is 0 Å². The second-order valence-corrected chi connectivity index (χ2v) is 16.1. The van der Waals surface area contributed by atoms with Crippen LogP contribution in [0.25, 0.3) is 0 Å². The minimum Gasteiger partial charge on any atom is -0.375 e. The van der Waals surface area contributed by atoms with Gasteiger partial charge in [0.2, 0.25) is 0 Å². The van der Waals surface area contributed by atoms with Gasteiger partial charge < -0.3 is 37.9 Å². The molecule has 292 valence electrons. The Morgan fingerprint density at radius 2 is 0.982 bits per heavy atom. The summed E-state index contributed by atoms with van der Waals surface area (Å²) in [6.07, 6.45) is -0.924. The number of fused-ring (bicyclic) bond motifs is 3. The van der Waals surface area contributed by atoms with Crippen molar-refractivity contribution in [3.63, 3.8) is 0 Å². The van der Waals surface area contributed by atoms with E-state index in [1.165, 1.54) is 5.56 Å². The topological polar surface area (TPSA) is 77.1 Å². The fourth-order valence-electron chi connectivity index (χ4n) is 8.69. The maximum atomic E-state index is 7.06. The zero-order chi connectivity index (χ0) is 37.8. The molecule has 0 spiro atoms. The lowest BCUT2D eigenvalue weighted by Gasteiger charge is -2.38. The van der Waals surface area contributed by atoms with Gasteiger partial charge in [-0.3, -0.25) is 4.90 Å². The van der Waals surface area contributed by atoms with E-state index in [1.807, 2.05) is 45.9 Å². The van der Waals surface area contributed by atoms with Gasteiger partial charge in [-0.15, -0.1) is 0 Å². The first-order chi connectivity index (χ1) is 26.7. The molecule has 0 saturated carbocycles. The van der Waals surface area contributed by atoms with Crippen LogP contribution in [-0.2, 0) is 64.3 Å². The molecule has 4 saturated heterocycles. The smallest absolute Gasteiger partial charge is 0.190 e. The standard InChI is InChI=1S/C46H55NO8/c1-45(2)52-41-38(51-44-43(42(41)53-45)54-46(3,4)55-44)26-25-36-39(49-29-34-21-13-7-14-22-34)40(50-30-35-23-15-8-16-24-35)37(31-48-28-33-19-11-6-12-20-33)47(36)27-32-17-9-5-10-18-32/h5-24,36-44H,25-31H2,1-4H3/t36-,37+,38-,39-,40-,41+,42+,43-,44-/m1/s1. The summed E-state index contributed by atoms with van der Waals surface area (Å²) < 4.78 is 53.0.